The molecule has 0 aliphatic rings. The Morgan fingerprint density at radius 1 is 0.905 bits per heavy atom. The molecule has 0 amide bonds. The first-order valence-corrected chi connectivity index (χ1v) is 7.13. The molecule has 21 heavy (non-hydrogen) atoms. The van der Waals surface area contributed by atoms with Crippen LogP contribution in [0.5, 0.6) is 17.2 Å². The summed E-state index contributed by atoms with van der Waals surface area (Å²) < 4.78 is 16.5. The number of benzene rings is 2. The molecule has 4 nitrogen and oxygen atoms in total. The molecule has 0 aliphatic carbocycles. The lowest BCUT2D eigenvalue weighted by Gasteiger charge is -2.17. The summed E-state index contributed by atoms with van der Waals surface area (Å²) in [5.41, 5.74) is 1.42. The van der Waals surface area contributed by atoms with Crippen molar-refractivity contribution in [2.24, 2.45) is 0 Å². The van der Waals surface area contributed by atoms with E-state index in [-0.39, 0.29) is 0 Å². The minimum Gasteiger partial charge on any atom is -0.497 e. The number of methoxy groups -OCH3 is 3. The second kappa shape index (κ2) is 6.83. The van der Waals surface area contributed by atoms with Gasteiger partial charge in [-0.15, -0.1) is 0 Å². The van der Waals surface area contributed by atoms with Gasteiger partial charge >= 0.3 is 0 Å². The van der Waals surface area contributed by atoms with Crippen molar-refractivity contribution >= 4 is 15.9 Å². The maximum atomic E-state index is 10.6. The maximum absolute atomic E-state index is 10.6. The van der Waals surface area contributed by atoms with Gasteiger partial charge in [0.05, 0.1) is 25.8 Å². The first kappa shape index (κ1) is 15.7. The molecule has 5 heteroatoms. The van der Waals surface area contributed by atoms with Gasteiger partial charge in [0, 0.05) is 11.6 Å². The van der Waals surface area contributed by atoms with E-state index in [9.17, 15) is 5.11 Å². The van der Waals surface area contributed by atoms with Gasteiger partial charge in [0.15, 0.2) is 0 Å². The molecule has 0 saturated heterocycles. The highest BCUT2D eigenvalue weighted by molar-refractivity contribution is 9.10. The zero-order valence-corrected chi connectivity index (χ0v) is 13.7. The molecule has 0 aliphatic heterocycles. The zero-order valence-electron chi connectivity index (χ0n) is 12.1. The summed E-state index contributed by atoms with van der Waals surface area (Å²) in [5, 5.41) is 10.6. The molecule has 1 atom stereocenters. The van der Waals surface area contributed by atoms with E-state index >= 15 is 0 Å². The Hall–Kier alpha value is -1.72. The lowest BCUT2D eigenvalue weighted by atomic mass is 10.0. The third-order valence-electron chi connectivity index (χ3n) is 3.23. The van der Waals surface area contributed by atoms with Crippen molar-refractivity contribution in [1.29, 1.82) is 0 Å². The Morgan fingerprint density at radius 3 is 2.19 bits per heavy atom. The molecule has 0 saturated carbocycles. The smallest absolute Gasteiger partial charge is 0.133 e. The first-order chi connectivity index (χ1) is 10.1. The van der Waals surface area contributed by atoms with E-state index in [0.29, 0.717) is 22.8 Å². The third-order valence-corrected chi connectivity index (χ3v) is 3.85. The van der Waals surface area contributed by atoms with E-state index in [2.05, 4.69) is 15.9 Å². The van der Waals surface area contributed by atoms with Crippen LogP contribution in [0.25, 0.3) is 0 Å². The number of hydrogen-bond donors (Lipinski definition) is 1. The molecule has 2 aromatic rings. The summed E-state index contributed by atoms with van der Waals surface area (Å²) in [6.07, 6.45) is -0.798. The minimum atomic E-state index is -0.798. The zero-order chi connectivity index (χ0) is 15.4. The highest BCUT2D eigenvalue weighted by Crippen LogP contribution is 2.35. The fourth-order valence-electron chi connectivity index (χ4n) is 2.08. The van der Waals surface area contributed by atoms with Gasteiger partial charge in [-0.05, 0) is 45.8 Å². The molecule has 0 fully saturated rings. The van der Waals surface area contributed by atoms with E-state index in [1.54, 1.807) is 45.6 Å². The standard InChI is InChI=1S/C16H17BrO4/c1-19-11-5-6-12(15(9-11)21-3)16(18)10-4-7-14(20-2)13(17)8-10/h4-9,16,18H,1-3H3. The number of hydrogen-bond acceptors (Lipinski definition) is 4. The van der Waals surface area contributed by atoms with Crippen LogP contribution in [0.4, 0.5) is 0 Å². The van der Waals surface area contributed by atoms with Crippen molar-refractivity contribution in [1.82, 2.24) is 0 Å². The van der Waals surface area contributed by atoms with E-state index in [0.717, 1.165) is 10.0 Å². The predicted molar refractivity (Wildman–Crippen MR) is 84.3 cm³/mol. The number of ether oxygens (including phenoxy) is 3. The number of rotatable bonds is 5. The molecule has 2 aromatic carbocycles. The number of aliphatic hydroxyl groups is 1. The van der Waals surface area contributed by atoms with Gasteiger partial charge in [-0.3, -0.25) is 0 Å². The number of halogens is 1. The van der Waals surface area contributed by atoms with E-state index in [4.69, 9.17) is 14.2 Å². The first-order valence-electron chi connectivity index (χ1n) is 6.34. The topological polar surface area (TPSA) is 47.9 Å². The molecule has 0 spiro atoms. The van der Waals surface area contributed by atoms with E-state index in [1.165, 1.54) is 0 Å². The van der Waals surface area contributed by atoms with Crippen LogP contribution in [-0.2, 0) is 0 Å². The van der Waals surface area contributed by atoms with Crippen LogP contribution in [0.15, 0.2) is 40.9 Å². The van der Waals surface area contributed by atoms with Crippen LogP contribution < -0.4 is 14.2 Å². The maximum Gasteiger partial charge on any atom is 0.133 e. The van der Waals surface area contributed by atoms with E-state index in [1.807, 2.05) is 12.1 Å². The highest BCUT2D eigenvalue weighted by atomic mass is 79.9. The van der Waals surface area contributed by atoms with Crippen LogP contribution in [0.3, 0.4) is 0 Å². The lowest BCUT2D eigenvalue weighted by Crippen LogP contribution is -2.03. The third kappa shape index (κ3) is 3.31. The van der Waals surface area contributed by atoms with Crippen LogP contribution in [0.1, 0.15) is 17.2 Å². The fourth-order valence-corrected chi connectivity index (χ4v) is 2.63. The van der Waals surface area contributed by atoms with Gasteiger partial charge in [-0.1, -0.05) is 6.07 Å². The molecular weight excluding hydrogens is 336 g/mol. The Labute approximate surface area is 132 Å². The molecule has 0 bridgehead atoms. The van der Waals surface area contributed by atoms with Gasteiger partial charge in [0.25, 0.3) is 0 Å². The summed E-state index contributed by atoms with van der Waals surface area (Å²) in [7, 11) is 4.75. The predicted octanol–water partition coefficient (Wildman–Crippen LogP) is 3.56. The van der Waals surface area contributed by atoms with Crippen LogP contribution >= 0.6 is 15.9 Å². The Morgan fingerprint density at radius 2 is 1.62 bits per heavy atom. The van der Waals surface area contributed by atoms with Gasteiger partial charge in [0.2, 0.25) is 0 Å². The van der Waals surface area contributed by atoms with Crippen LogP contribution in [-0.4, -0.2) is 26.4 Å². The fraction of sp³-hybridized carbons (Fsp3) is 0.250. The highest BCUT2D eigenvalue weighted by Gasteiger charge is 2.17. The van der Waals surface area contributed by atoms with Gasteiger partial charge < -0.3 is 19.3 Å². The Kier molecular flexibility index (Phi) is 5.09. The summed E-state index contributed by atoms with van der Waals surface area (Å²) in [6, 6.07) is 10.8. The van der Waals surface area contributed by atoms with Crippen molar-refractivity contribution < 1.29 is 19.3 Å². The minimum absolute atomic E-state index is 0.578. The van der Waals surface area contributed by atoms with Crippen molar-refractivity contribution in [3.05, 3.63) is 52.0 Å². The van der Waals surface area contributed by atoms with Gasteiger partial charge in [-0.25, -0.2) is 0 Å². The van der Waals surface area contributed by atoms with Crippen molar-refractivity contribution in [3.63, 3.8) is 0 Å². The largest absolute Gasteiger partial charge is 0.497 e. The molecule has 112 valence electrons. The molecular formula is C16H17BrO4. The van der Waals surface area contributed by atoms with Crippen LogP contribution in [0, 0.1) is 0 Å². The Balaban J connectivity index is 2.39. The molecule has 0 aromatic heterocycles. The number of aliphatic hydroxyl groups excluding tert-OH is 1. The molecule has 1 N–H and O–H groups in total. The molecule has 0 heterocycles. The van der Waals surface area contributed by atoms with Crippen LogP contribution in [0.2, 0.25) is 0 Å². The Bertz CT molecular complexity index is 628. The molecule has 2 rings (SSSR count). The van der Waals surface area contributed by atoms with Crippen molar-refractivity contribution in [3.8, 4) is 17.2 Å². The van der Waals surface area contributed by atoms with E-state index < -0.39 is 6.10 Å². The second-order valence-corrected chi connectivity index (χ2v) is 5.26. The average molecular weight is 353 g/mol. The summed E-state index contributed by atoms with van der Waals surface area (Å²) in [4.78, 5) is 0. The molecule has 0 radical (unpaired) electrons. The summed E-state index contributed by atoms with van der Waals surface area (Å²) >= 11 is 3.42. The lowest BCUT2D eigenvalue weighted by molar-refractivity contribution is 0.214. The monoisotopic (exact) mass is 352 g/mol. The summed E-state index contributed by atoms with van der Waals surface area (Å²) in [6.45, 7) is 0. The average Bonchev–Trinajstić information content (AvgIpc) is 2.53. The quantitative estimate of drug-likeness (QED) is 0.893. The SMILES string of the molecule is COc1ccc(C(O)c2ccc(OC)c(Br)c2)c(OC)c1. The van der Waals surface area contributed by atoms with Gasteiger partial charge in [0.1, 0.15) is 23.4 Å². The molecule has 1 unspecified atom stereocenters. The normalized spacial score (nSPS) is 11.9. The second-order valence-electron chi connectivity index (χ2n) is 4.40. The van der Waals surface area contributed by atoms with Crippen molar-refractivity contribution in [2.45, 2.75) is 6.10 Å². The summed E-state index contributed by atoms with van der Waals surface area (Å²) in [5.74, 6) is 1.97. The van der Waals surface area contributed by atoms with Gasteiger partial charge in [-0.2, -0.15) is 0 Å². The van der Waals surface area contributed by atoms with Crippen molar-refractivity contribution in [2.75, 3.05) is 21.3 Å².